The average molecular weight is 583 g/mol. The fraction of sp³-hybridized carbons (Fsp3) is 0.444. The first-order valence-corrected chi connectivity index (χ1v) is 16.0. The number of nitrogens with zero attached hydrogens (tertiary/aromatic N) is 2. The molecule has 1 aliphatic carbocycles. The highest BCUT2D eigenvalue weighted by Gasteiger charge is 2.40. The van der Waals surface area contributed by atoms with Gasteiger partial charge in [-0.3, -0.25) is 9.59 Å². The first-order valence-electron chi connectivity index (χ1n) is 16.0. The second-order valence-electron chi connectivity index (χ2n) is 12.6. The molecule has 2 saturated heterocycles. The van der Waals surface area contributed by atoms with Crippen LogP contribution in [0.1, 0.15) is 84.5 Å². The van der Waals surface area contributed by atoms with Crippen molar-refractivity contribution in [3.63, 3.8) is 0 Å². The number of hydrogen-bond donors (Lipinski definition) is 2. The summed E-state index contributed by atoms with van der Waals surface area (Å²) in [5.41, 5.74) is 5.74. The summed E-state index contributed by atoms with van der Waals surface area (Å²) in [6.07, 6.45) is 8.53. The summed E-state index contributed by atoms with van der Waals surface area (Å²) in [4.78, 5) is 32.2. The fourth-order valence-corrected chi connectivity index (χ4v) is 7.26. The molecule has 226 valence electrons. The summed E-state index contributed by atoms with van der Waals surface area (Å²) in [6.45, 7) is 6.39. The zero-order chi connectivity index (χ0) is 29.9. The number of aryl methyl sites for hydroxylation is 2. The Balaban J connectivity index is 1.30. The molecule has 1 saturated carbocycles. The van der Waals surface area contributed by atoms with E-state index in [1.54, 1.807) is 24.0 Å². The Bertz CT molecular complexity index is 1440. The van der Waals surface area contributed by atoms with Crippen molar-refractivity contribution in [3.05, 3.63) is 88.7 Å². The number of carbonyl (C=O) groups excluding carboxylic acids is 2. The van der Waals surface area contributed by atoms with Gasteiger partial charge in [0.25, 0.3) is 5.91 Å². The number of hydrogen-bond acceptors (Lipinski definition) is 4. The van der Waals surface area contributed by atoms with E-state index in [4.69, 9.17) is 0 Å². The molecule has 0 spiro atoms. The monoisotopic (exact) mass is 582 g/mol. The zero-order valence-corrected chi connectivity index (χ0v) is 25.4. The molecule has 6 rings (SSSR count). The normalized spacial score (nSPS) is 20.8. The summed E-state index contributed by atoms with van der Waals surface area (Å²) in [6, 6.07) is 19.0. The van der Waals surface area contributed by atoms with Crippen molar-refractivity contribution < 1.29 is 14.0 Å². The van der Waals surface area contributed by atoms with E-state index in [0.29, 0.717) is 31.0 Å². The highest BCUT2D eigenvalue weighted by Crippen LogP contribution is 2.39. The van der Waals surface area contributed by atoms with Gasteiger partial charge < -0.3 is 20.4 Å². The molecular formula is C36H43FN4O2. The molecule has 2 amide bonds. The second-order valence-corrected chi connectivity index (χ2v) is 12.6. The minimum atomic E-state index is -0.527. The van der Waals surface area contributed by atoms with Gasteiger partial charge in [-0.05, 0) is 99.4 Å². The maximum absolute atomic E-state index is 15.0. The van der Waals surface area contributed by atoms with Crippen molar-refractivity contribution >= 4 is 28.9 Å². The van der Waals surface area contributed by atoms with Crippen LogP contribution in [0.15, 0.2) is 60.7 Å². The van der Waals surface area contributed by atoms with Crippen molar-refractivity contribution in [1.29, 1.82) is 0 Å². The van der Waals surface area contributed by atoms with Crippen molar-refractivity contribution in [2.75, 3.05) is 35.2 Å². The largest absolute Gasteiger partial charge is 0.382 e. The number of halogens is 1. The molecular weight excluding hydrogens is 539 g/mol. The Hall–Kier alpha value is -3.87. The van der Waals surface area contributed by atoms with E-state index in [2.05, 4.69) is 46.7 Å². The minimum absolute atomic E-state index is 0.0851. The number of benzene rings is 3. The van der Waals surface area contributed by atoms with Crippen LogP contribution >= 0.6 is 0 Å². The molecule has 1 unspecified atom stereocenters. The number of rotatable bonds is 7. The number of carbonyl (C=O) groups is 2. The van der Waals surface area contributed by atoms with E-state index in [1.807, 2.05) is 18.2 Å². The fourth-order valence-electron chi connectivity index (χ4n) is 7.26. The van der Waals surface area contributed by atoms with Gasteiger partial charge in [-0.1, -0.05) is 43.2 Å². The smallest absolute Gasteiger partial charge is 0.257 e. The van der Waals surface area contributed by atoms with Gasteiger partial charge in [0.2, 0.25) is 5.91 Å². The molecule has 3 aromatic carbocycles. The van der Waals surface area contributed by atoms with Gasteiger partial charge in [0, 0.05) is 42.7 Å². The molecule has 7 heteroatoms. The standard InChI is InChI=1S/C36H43FN4O2/c1-24-14-17-29(23-32(24)40-20-5-6-21-40)39-35(42)30-12-8-22-41(36(43)33-25(2)9-7-13-31(33)37)34(30)26-15-18-28(19-16-26)38-27-10-3-4-11-27/h7,9,13-19,23,27,30,34,38H,3-6,8,10-12,20-22H2,1-2H3,(H,39,42)/t30-,34?/m0/s1. The lowest BCUT2D eigenvalue weighted by Gasteiger charge is -2.41. The first kappa shape index (κ1) is 29.2. The van der Waals surface area contributed by atoms with Crippen LogP contribution in [0.25, 0.3) is 0 Å². The van der Waals surface area contributed by atoms with Crippen LogP contribution in [0.3, 0.4) is 0 Å². The molecule has 2 aliphatic heterocycles. The summed E-state index contributed by atoms with van der Waals surface area (Å²) in [5.74, 6) is -1.48. The van der Waals surface area contributed by atoms with Crippen LogP contribution in [0.5, 0.6) is 0 Å². The average Bonchev–Trinajstić information content (AvgIpc) is 3.73. The lowest BCUT2D eigenvalue weighted by Crippen LogP contribution is -2.46. The minimum Gasteiger partial charge on any atom is -0.382 e. The predicted octanol–water partition coefficient (Wildman–Crippen LogP) is 7.63. The van der Waals surface area contributed by atoms with Gasteiger partial charge in [-0.15, -0.1) is 0 Å². The van der Waals surface area contributed by atoms with Gasteiger partial charge >= 0.3 is 0 Å². The third-order valence-corrected chi connectivity index (χ3v) is 9.57. The van der Waals surface area contributed by atoms with Gasteiger partial charge in [-0.2, -0.15) is 0 Å². The quantitative estimate of drug-likeness (QED) is 0.301. The SMILES string of the molecule is Cc1ccc(NC(=O)[C@H]2CCCN(C(=O)c3c(C)cccc3F)C2c2ccc(NC3CCCC3)cc2)cc1N1CCCC1. The highest BCUT2D eigenvalue weighted by atomic mass is 19.1. The third-order valence-electron chi connectivity index (χ3n) is 9.57. The van der Waals surface area contributed by atoms with Gasteiger partial charge in [0.1, 0.15) is 5.82 Å². The lowest BCUT2D eigenvalue weighted by atomic mass is 9.83. The van der Waals surface area contributed by atoms with Crippen molar-refractivity contribution in [2.24, 2.45) is 5.92 Å². The Kier molecular flexibility index (Phi) is 8.68. The number of anilines is 3. The van der Waals surface area contributed by atoms with Crippen molar-refractivity contribution in [3.8, 4) is 0 Å². The molecule has 2 atom stereocenters. The van der Waals surface area contributed by atoms with Crippen LogP contribution < -0.4 is 15.5 Å². The molecule has 0 aromatic heterocycles. The Morgan fingerprint density at radius 2 is 1.51 bits per heavy atom. The van der Waals surface area contributed by atoms with E-state index in [-0.39, 0.29) is 17.4 Å². The number of likely N-dealkylation sites (tertiary alicyclic amines) is 1. The van der Waals surface area contributed by atoms with Crippen LogP contribution in [0.4, 0.5) is 21.5 Å². The van der Waals surface area contributed by atoms with Gasteiger partial charge in [-0.25, -0.2) is 4.39 Å². The molecule has 3 fully saturated rings. The maximum atomic E-state index is 15.0. The zero-order valence-electron chi connectivity index (χ0n) is 25.4. The Labute approximate surface area is 254 Å². The van der Waals surface area contributed by atoms with E-state index in [0.717, 1.165) is 35.7 Å². The molecule has 3 aromatic rings. The highest BCUT2D eigenvalue weighted by molar-refractivity contribution is 5.98. The Morgan fingerprint density at radius 3 is 2.23 bits per heavy atom. The summed E-state index contributed by atoms with van der Waals surface area (Å²) in [5, 5.41) is 6.83. The molecule has 43 heavy (non-hydrogen) atoms. The molecule has 2 N–H and O–H groups in total. The molecule has 2 heterocycles. The number of amides is 2. The molecule has 6 nitrogen and oxygen atoms in total. The van der Waals surface area contributed by atoms with Gasteiger partial charge in [0.15, 0.2) is 0 Å². The topological polar surface area (TPSA) is 64.7 Å². The second kappa shape index (κ2) is 12.8. The van der Waals surface area contributed by atoms with E-state index < -0.39 is 17.8 Å². The van der Waals surface area contributed by atoms with Crippen molar-refractivity contribution in [1.82, 2.24) is 4.90 Å². The van der Waals surface area contributed by atoms with Crippen LogP contribution in [-0.2, 0) is 4.79 Å². The number of nitrogens with one attached hydrogen (secondary N) is 2. The maximum Gasteiger partial charge on any atom is 0.257 e. The number of piperidine rings is 1. The van der Waals surface area contributed by atoms with Crippen LogP contribution in [0, 0.1) is 25.6 Å². The lowest BCUT2D eigenvalue weighted by molar-refractivity contribution is -0.123. The van der Waals surface area contributed by atoms with Gasteiger partial charge in [0.05, 0.1) is 17.5 Å². The molecule has 0 bridgehead atoms. The summed E-state index contributed by atoms with van der Waals surface area (Å²) < 4.78 is 15.0. The van der Waals surface area contributed by atoms with Crippen LogP contribution in [0.2, 0.25) is 0 Å². The van der Waals surface area contributed by atoms with Crippen molar-refractivity contribution in [2.45, 2.75) is 77.3 Å². The van der Waals surface area contributed by atoms with E-state index >= 15 is 4.39 Å². The third kappa shape index (κ3) is 6.27. The Morgan fingerprint density at radius 1 is 0.791 bits per heavy atom. The predicted molar refractivity (Wildman–Crippen MR) is 171 cm³/mol. The van der Waals surface area contributed by atoms with E-state index in [9.17, 15) is 9.59 Å². The molecule has 0 radical (unpaired) electrons. The van der Waals surface area contributed by atoms with E-state index in [1.165, 1.54) is 50.2 Å². The summed E-state index contributed by atoms with van der Waals surface area (Å²) >= 11 is 0. The van der Waals surface area contributed by atoms with Crippen LogP contribution in [-0.4, -0.2) is 42.4 Å². The molecule has 3 aliphatic rings. The first-order chi connectivity index (χ1) is 20.9. The summed E-state index contributed by atoms with van der Waals surface area (Å²) in [7, 11) is 0.